The summed E-state index contributed by atoms with van der Waals surface area (Å²) in [5.74, 6) is -4.74. The SMILES string of the molecule is CCC(C)C(NC(=O)C(Cc1ccccc1)NC(=O)C(Cc1c[nH]c2ccccc12)NC(=O)C(N)CCC(=O)O)C(=O)O. The Morgan fingerprint density at radius 2 is 1.44 bits per heavy atom. The lowest BCUT2D eigenvalue weighted by atomic mass is 9.97. The van der Waals surface area contributed by atoms with Gasteiger partial charge in [0.15, 0.2) is 0 Å². The number of nitrogens with one attached hydrogen (secondary N) is 4. The van der Waals surface area contributed by atoms with Crippen molar-refractivity contribution in [2.24, 2.45) is 11.7 Å². The lowest BCUT2D eigenvalue weighted by Gasteiger charge is -2.26. The second kappa shape index (κ2) is 15.5. The molecule has 8 N–H and O–H groups in total. The van der Waals surface area contributed by atoms with Crippen molar-refractivity contribution in [2.45, 2.75) is 70.1 Å². The first-order chi connectivity index (χ1) is 20.5. The van der Waals surface area contributed by atoms with Crippen LogP contribution < -0.4 is 21.7 Å². The van der Waals surface area contributed by atoms with E-state index in [0.29, 0.717) is 6.42 Å². The van der Waals surface area contributed by atoms with Gasteiger partial charge in [0.1, 0.15) is 18.1 Å². The van der Waals surface area contributed by atoms with Crippen LogP contribution >= 0.6 is 0 Å². The van der Waals surface area contributed by atoms with E-state index >= 15 is 0 Å². The monoisotopic (exact) mass is 593 g/mol. The van der Waals surface area contributed by atoms with Gasteiger partial charge in [0.2, 0.25) is 17.7 Å². The van der Waals surface area contributed by atoms with Gasteiger partial charge in [0, 0.05) is 36.4 Å². The molecule has 0 spiro atoms. The molecule has 2 aromatic carbocycles. The highest BCUT2D eigenvalue weighted by Crippen LogP contribution is 2.19. The number of carboxylic acid groups (broad SMARTS) is 2. The van der Waals surface area contributed by atoms with Crippen LogP contribution in [0.15, 0.2) is 60.8 Å². The number of aliphatic carboxylic acids is 2. The number of amides is 3. The second-order valence-corrected chi connectivity index (χ2v) is 10.6. The number of hydrogen-bond donors (Lipinski definition) is 7. The fourth-order valence-electron chi connectivity index (χ4n) is 4.69. The molecule has 5 unspecified atom stereocenters. The molecule has 0 aliphatic heterocycles. The van der Waals surface area contributed by atoms with Crippen LogP contribution in [0.1, 0.15) is 44.2 Å². The van der Waals surface area contributed by atoms with Crippen LogP contribution in [0.4, 0.5) is 0 Å². The van der Waals surface area contributed by atoms with Crippen molar-refractivity contribution < 1.29 is 34.2 Å². The number of benzene rings is 2. The predicted octanol–water partition coefficient (Wildman–Crippen LogP) is 1.73. The Balaban J connectivity index is 1.89. The Hall–Kier alpha value is -4.71. The summed E-state index contributed by atoms with van der Waals surface area (Å²) in [6.45, 7) is 3.53. The van der Waals surface area contributed by atoms with Crippen molar-refractivity contribution in [3.05, 3.63) is 71.9 Å². The van der Waals surface area contributed by atoms with E-state index in [4.69, 9.17) is 10.8 Å². The van der Waals surface area contributed by atoms with Crippen molar-refractivity contribution in [2.75, 3.05) is 0 Å². The number of para-hydroxylation sites is 1. The maximum absolute atomic E-state index is 13.8. The number of aromatic nitrogens is 1. The Morgan fingerprint density at radius 3 is 2.09 bits per heavy atom. The molecule has 0 fully saturated rings. The highest BCUT2D eigenvalue weighted by atomic mass is 16.4. The summed E-state index contributed by atoms with van der Waals surface area (Å²) in [5.41, 5.74) is 8.20. The Morgan fingerprint density at radius 1 is 0.837 bits per heavy atom. The maximum atomic E-state index is 13.8. The standard InChI is InChI=1S/C31H39N5O7/c1-3-18(2)27(31(42)43)36-30(41)24(15-19-9-5-4-6-10-19)35-29(40)25(34-28(39)22(32)13-14-26(37)38)16-20-17-33-23-12-8-7-11-21(20)23/h4-12,17-18,22,24-25,27,33H,3,13-16,32H2,1-2H3,(H,34,39)(H,35,40)(H,36,41)(H,37,38)(H,42,43). The molecule has 12 nitrogen and oxygen atoms in total. The van der Waals surface area contributed by atoms with Gasteiger partial charge < -0.3 is 36.9 Å². The van der Waals surface area contributed by atoms with E-state index in [2.05, 4.69) is 20.9 Å². The summed E-state index contributed by atoms with van der Waals surface area (Å²) in [5, 5.41) is 27.4. The van der Waals surface area contributed by atoms with Crippen molar-refractivity contribution in [1.29, 1.82) is 0 Å². The summed E-state index contributed by atoms with van der Waals surface area (Å²) < 4.78 is 0. The zero-order chi connectivity index (χ0) is 31.5. The summed E-state index contributed by atoms with van der Waals surface area (Å²) in [6.07, 6.45) is 1.88. The molecule has 1 aromatic heterocycles. The number of carboxylic acids is 2. The number of nitrogens with two attached hydrogens (primary N) is 1. The Kier molecular flexibility index (Phi) is 11.8. The van der Waals surface area contributed by atoms with Gasteiger partial charge in [-0.2, -0.15) is 0 Å². The molecule has 3 aromatic rings. The van der Waals surface area contributed by atoms with Crippen LogP contribution in [-0.4, -0.2) is 69.0 Å². The lowest BCUT2D eigenvalue weighted by Crippen LogP contribution is -2.58. The van der Waals surface area contributed by atoms with Gasteiger partial charge in [0.05, 0.1) is 6.04 Å². The van der Waals surface area contributed by atoms with Crippen molar-refractivity contribution >= 4 is 40.6 Å². The first-order valence-corrected chi connectivity index (χ1v) is 14.2. The number of carbonyl (C=O) groups is 5. The lowest BCUT2D eigenvalue weighted by molar-refractivity contribution is -0.144. The molecule has 3 amide bonds. The molecule has 0 saturated carbocycles. The molecule has 0 aliphatic rings. The number of H-pyrrole nitrogens is 1. The van der Waals surface area contributed by atoms with Crippen molar-refractivity contribution in [3.8, 4) is 0 Å². The fourth-order valence-corrected chi connectivity index (χ4v) is 4.69. The predicted molar refractivity (Wildman–Crippen MR) is 160 cm³/mol. The second-order valence-electron chi connectivity index (χ2n) is 10.6. The summed E-state index contributed by atoms with van der Waals surface area (Å²) in [4.78, 5) is 66.2. The zero-order valence-corrected chi connectivity index (χ0v) is 24.2. The molecular formula is C31H39N5O7. The van der Waals surface area contributed by atoms with Gasteiger partial charge in [-0.25, -0.2) is 4.79 Å². The smallest absolute Gasteiger partial charge is 0.326 e. The van der Waals surface area contributed by atoms with Crippen LogP contribution in [0.25, 0.3) is 10.9 Å². The van der Waals surface area contributed by atoms with Crippen LogP contribution in [0, 0.1) is 5.92 Å². The van der Waals surface area contributed by atoms with Gasteiger partial charge in [-0.3, -0.25) is 19.2 Å². The highest BCUT2D eigenvalue weighted by Gasteiger charge is 2.32. The molecule has 12 heteroatoms. The van der Waals surface area contributed by atoms with Crippen molar-refractivity contribution in [3.63, 3.8) is 0 Å². The third-order valence-corrected chi connectivity index (χ3v) is 7.43. The number of aromatic amines is 1. The average Bonchev–Trinajstić information content (AvgIpc) is 3.40. The van der Waals surface area contributed by atoms with Crippen molar-refractivity contribution in [1.82, 2.24) is 20.9 Å². The van der Waals surface area contributed by atoms with Crippen LogP contribution in [0.5, 0.6) is 0 Å². The van der Waals surface area contributed by atoms with Gasteiger partial charge >= 0.3 is 11.9 Å². The number of hydrogen-bond acceptors (Lipinski definition) is 6. The zero-order valence-electron chi connectivity index (χ0n) is 24.2. The normalized spacial score (nSPS) is 14.6. The van der Waals surface area contributed by atoms with E-state index in [1.165, 1.54) is 0 Å². The molecule has 5 atom stereocenters. The molecule has 0 bridgehead atoms. The molecular weight excluding hydrogens is 554 g/mol. The first kappa shape index (κ1) is 32.8. The number of carbonyl (C=O) groups excluding carboxylic acids is 3. The van der Waals surface area contributed by atoms with E-state index in [0.717, 1.165) is 22.0 Å². The minimum absolute atomic E-state index is 0.0392. The fraction of sp³-hybridized carbons (Fsp3) is 0.387. The Bertz CT molecular complexity index is 1420. The van der Waals surface area contributed by atoms with Crippen LogP contribution in [-0.2, 0) is 36.8 Å². The van der Waals surface area contributed by atoms with Gasteiger partial charge in [0.25, 0.3) is 0 Å². The Labute approximate surface area is 249 Å². The molecule has 43 heavy (non-hydrogen) atoms. The molecule has 230 valence electrons. The highest BCUT2D eigenvalue weighted by molar-refractivity contribution is 5.95. The van der Waals surface area contributed by atoms with E-state index in [-0.39, 0.29) is 31.6 Å². The molecule has 1 heterocycles. The minimum atomic E-state index is -1.19. The number of rotatable bonds is 16. The van der Waals surface area contributed by atoms with Gasteiger partial charge in [-0.1, -0.05) is 68.8 Å². The van der Waals surface area contributed by atoms with Crippen LogP contribution in [0.2, 0.25) is 0 Å². The number of fused-ring (bicyclic) bond motifs is 1. The van der Waals surface area contributed by atoms with Gasteiger partial charge in [-0.05, 0) is 29.5 Å². The maximum Gasteiger partial charge on any atom is 0.326 e. The van der Waals surface area contributed by atoms with E-state index in [1.807, 2.05) is 31.2 Å². The topological polar surface area (TPSA) is 204 Å². The third-order valence-electron chi connectivity index (χ3n) is 7.43. The minimum Gasteiger partial charge on any atom is -0.481 e. The quantitative estimate of drug-likeness (QED) is 0.130. The van der Waals surface area contributed by atoms with Crippen LogP contribution in [0.3, 0.4) is 0 Å². The van der Waals surface area contributed by atoms with E-state index in [9.17, 15) is 29.1 Å². The largest absolute Gasteiger partial charge is 0.481 e. The summed E-state index contributed by atoms with van der Waals surface area (Å²) >= 11 is 0. The first-order valence-electron chi connectivity index (χ1n) is 14.2. The summed E-state index contributed by atoms with van der Waals surface area (Å²) in [6, 6.07) is 11.7. The van der Waals surface area contributed by atoms with E-state index < -0.39 is 53.8 Å². The third kappa shape index (κ3) is 9.40. The van der Waals surface area contributed by atoms with Gasteiger partial charge in [-0.15, -0.1) is 0 Å². The average molecular weight is 594 g/mol. The summed E-state index contributed by atoms with van der Waals surface area (Å²) in [7, 11) is 0. The molecule has 0 aliphatic carbocycles. The van der Waals surface area contributed by atoms with E-state index in [1.54, 1.807) is 43.5 Å². The molecule has 0 radical (unpaired) electrons. The molecule has 0 saturated heterocycles. The molecule has 3 rings (SSSR count).